The molecule has 2 heterocycles. The van der Waals surface area contributed by atoms with Gasteiger partial charge in [-0.05, 0) is 18.4 Å². The summed E-state index contributed by atoms with van der Waals surface area (Å²) < 4.78 is 6.10. The van der Waals surface area contributed by atoms with Crippen molar-refractivity contribution >= 4 is 34.1 Å². The Kier molecular flexibility index (Phi) is 4.98. The van der Waals surface area contributed by atoms with E-state index in [0.717, 1.165) is 22.7 Å². The average molecular weight is 387 g/mol. The van der Waals surface area contributed by atoms with Crippen LogP contribution in [0.4, 0.5) is 5.13 Å². The van der Waals surface area contributed by atoms with Crippen LogP contribution in [0.2, 0.25) is 0 Å². The summed E-state index contributed by atoms with van der Waals surface area (Å²) in [7, 11) is 0. The van der Waals surface area contributed by atoms with E-state index in [1.165, 1.54) is 23.1 Å². The van der Waals surface area contributed by atoms with Gasteiger partial charge in [0.25, 0.3) is 0 Å². The second-order valence-electron chi connectivity index (χ2n) is 6.03. The maximum Gasteiger partial charge on any atom is 0.237 e. The van der Waals surface area contributed by atoms with Crippen LogP contribution in [0.5, 0.6) is 0 Å². The predicted molar refractivity (Wildman–Crippen MR) is 99.2 cm³/mol. The van der Waals surface area contributed by atoms with Crippen molar-refractivity contribution in [2.45, 2.75) is 42.3 Å². The molecule has 9 heteroatoms. The van der Waals surface area contributed by atoms with E-state index < -0.39 is 0 Å². The van der Waals surface area contributed by atoms with E-state index in [2.05, 4.69) is 20.3 Å². The molecule has 1 aromatic carbocycles. The zero-order valence-electron chi connectivity index (χ0n) is 14.2. The Labute approximate surface area is 158 Å². The molecule has 0 bridgehead atoms. The number of thioether (sulfide) groups is 1. The first kappa shape index (κ1) is 17.2. The van der Waals surface area contributed by atoms with Crippen LogP contribution in [-0.2, 0) is 17.0 Å². The molecule has 0 unspecified atom stereocenters. The lowest BCUT2D eigenvalue weighted by Crippen LogP contribution is -2.30. The molecule has 0 spiro atoms. The fourth-order valence-corrected chi connectivity index (χ4v) is 4.36. The van der Waals surface area contributed by atoms with E-state index in [1.807, 2.05) is 30.3 Å². The molecule has 1 aliphatic rings. The summed E-state index contributed by atoms with van der Waals surface area (Å²) >= 11 is 2.91. The maximum absolute atomic E-state index is 11.8. The Balaban J connectivity index is 1.35. The molecule has 0 aliphatic heterocycles. The zero-order valence-corrected chi connectivity index (χ0v) is 15.8. The highest BCUT2D eigenvalue weighted by Gasteiger charge is 2.34. The van der Waals surface area contributed by atoms with E-state index in [9.17, 15) is 4.79 Å². The number of anilines is 1. The normalized spacial score (nSPS) is 13.7. The Morgan fingerprint density at radius 3 is 2.85 bits per heavy atom. The molecule has 1 saturated carbocycles. The molecule has 4 rings (SSSR count). The van der Waals surface area contributed by atoms with Gasteiger partial charge in [-0.25, -0.2) is 0 Å². The van der Waals surface area contributed by atoms with Crippen LogP contribution in [-0.4, -0.2) is 32.3 Å². The van der Waals surface area contributed by atoms with Gasteiger partial charge in [0, 0.05) is 19.4 Å². The zero-order chi connectivity index (χ0) is 17.9. The summed E-state index contributed by atoms with van der Waals surface area (Å²) in [5, 5.41) is 13.0. The quantitative estimate of drug-likeness (QED) is 0.454. The molecule has 0 atom stereocenters. The molecule has 3 aromatic rings. The number of benzene rings is 1. The van der Waals surface area contributed by atoms with Gasteiger partial charge in [-0.2, -0.15) is 4.98 Å². The molecular weight excluding hydrogens is 370 g/mol. The van der Waals surface area contributed by atoms with E-state index in [-0.39, 0.29) is 11.9 Å². The number of hydrogen-bond acceptors (Lipinski definition) is 8. The monoisotopic (exact) mass is 387 g/mol. The number of carbonyl (C=O) groups excluding carboxylic acids is 1. The van der Waals surface area contributed by atoms with Crippen molar-refractivity contribution in [2.75, 3.05) is 4.90 Å². The van der Waals surface area contributed by atoms with Crippen LogP contribution in [0.1, 0.15) is 37.0 Å². The minimum absolute atomic E-state index is 0.0163. The summed E-state index contributed by atoms with van der Waals surface area (Å²) in [6, 6.07) is 10.3. The second-order valence-corrected chi connectivity index (χ2v) is 8.20. The number of carbonyl (C=O) groups is 1. The molecule has 134 valence electrons. The van der Waals surface area contributed by atoms with Crippen LogP contribution < -0.4 is 4.90 Å². The Morgan fingerprint density at radius 2 is 2.12 bits per heavy atom. The van der Waals surface area contributed by atoms with Crippen molar-refractivity contribution in [3.63, 3.8) is 0 Å². The summed E-state index contributed by atoms with van der Waals surface area (Å²) in [5.41, 5.74) is 1.14. The van der Waals surface area contributed by atoms with Crippen LogP contribution in [0.15, 0.2) is 39.2 Å². The van der Waals surface area contributed by atoms with Crippen molar-refractivity contribution in [1.29, 1.82) is 0 Å². The smallest absolute Gasteiger partial charge is 0.237 e. The van der Waals surface area contributed by atoms with Crippen LogP contribution >= 0.6 is 23.1 Å². The number of nitrogens with zero attached hydrogens (tertiary/aromatic N) is 5. The Morgan fingerprint density at radius 1 is 1.31 bits per heavy atom. The lowest BCUT2D eigenvalue weighted by molar-refractivity contribution is -0.116. The van der Waals surface area contributed by atoms with Gasteiger partial charge in [0.1, 0.15) is 0 Å². The lowest BCUT2D eigenvalue weighted by Gasteiger charge is -2.15. The average Bonchev–Trinajstić information content (AvgIpc) is 3.17. The number of hydrogen-bond donors (Lipinski definition) is 0. The highest BCUT2D eigenvalue weighted by molar-refractivity contribution is 8.00. The molecule has 0 N–H and O–H groups in total. The maximum atomic E-state index is 11.8. The fraction of sp³-hybridized carbons (Fsp3) is 0.353. The molecule has 0 saturated heterocycles. The highest BCUT2D eigenvalue weighted by atomic mass is 32.2. The van der Waals surface area contributed by atoms with Gasteiger partial charge >= 0.3 is 0 Å². The Bertz CT molecular complexity index is 891. The van der Waals surface area contributed by atoms with Crippen molar-refractivity contribution in [2.24, 2.45) is 0 Å². The first-order valence-corrected chi connectivity index (χ1v) is 10.1. The van der Waals surface area contributed by atoms with Gasteiger partial charge in [-0.1, -0.05) is 58.6 Å². The molecule has 1 aliphatic carbocycles. The molecule has 1 fully saturated rings. The third-order valence-corrected chi connectivity index (χ3v) is 5.93. The number of aromatic nitrogens is 4. The van der Waals surface area contributed by atoms with Crippen molar-refractivity contribution < 1.29 is 9.32 Å². The first-order chi connectivity index (χ1) is 12.7. The summed E-state index contributed by atoms with van der Waals surface area (Å²) in [5.74, 6) is 1.77. The van der Waals surface area contributed by atoms with E-state index in [1.54, 1.807) is 11.8 Å². The van der Waals surface area contributed by atoms with Gasteiger partial charge < -0.3 is 4.52 Å². The number of rotatable bonds is 7. The molecule has 26 heavy (non-hydrogen) atoms. The van der Waals surface area contributed by atoms with Crippen LogP contribution in [0.25, 0.3) is 0 Å². The Hall–Kier alpha value is -2.26. The highest BCUT2D eigenvalue weighted by Crippen LogP contribution is 2.36. The van der Waals surface area contributed by atoms with Crippen LogP contribution in [0.3, 0.4) is 0 Å². The molecule has 0 radical (unpaired) electrons. The van der Waals surface area contributed by atoms with Gasteiger partial charge in [-0.15, -0.1) is 10.2 Å². The van der Waals surface area contributed by atoms with Crippen molar-refractivity contribution in [1.82, 2.24) is 20.3 Å². The fourth-order valence-electron chi connectivity index (χ4n) is 2.56. The second kappa shape index (κ2) is 7.55. The minimum atomic E-state index is 0.0163. The topological polar surface area (TPSA) is 85.0 Å². The summed E-state index contributed by atoms with van der Waals surface area (Å²) in [6.07, 6.45) is 2.72. The minimum Gasteiger partial charge on any atom is -0.338 e. The lowest BCUT2D eigenvalue weighted by atomic mass is 10.1. The molecular formula is C17H17N5O2S2. The SMILES string of the molecule is CC(=O)N(c1nnc(SCc2nc(Cc3ccccc3)no2)s1)C1CC1. The van der Waals surface area contributed by atoms with E-state index in [0.29, 0.717) is 29.0 Å². The number of amides is 1. The van der Waals surface area contributed by atoms with Crippen LogP contribution in [0, 0.1) is 0 Å². The summed E-state index contributed by atoms with van der Waals surface area (Å²) in [6.45, 7) is 1.57. The standard InChI is InChI=1S/C17H17N5O2S2/c1-11(23)22(13-7-8-13)16-19-20-17(26-16)25-10-15-18-14(21-24-15)9-12-5-3-2-4-6-12/h2-6,13H,7-10H2,1H3. The predicted octanol–water partition coefficient (Wildman–Crippen LogP) is 3.32. The molecule has 7 nitrogen and oxygen atoms in total. The van der Waals surface area contributed by atoms with E-state index in [4.69, 9.17) is 4.52 Å². The largest absolute Gasteiger partial charge is 0.338 e. The van der Waals surface area contributed by atoms with Gasteiger partial charge in [0.2, 0.25) is 16.9 Å². The summed E-state index contributed by atoms with van der Waals surface area (Å²) in [4.78, 5) is 18.0. The van der Waals surface area contributed by atoms with Crippen molar-refractivity contribution in [3.05, 3.63) is 47.6 Å². The van der Waals surface area contributed by atoms with Gasteiger partial charge in [0.05, 0.1) is 5.75 Å². The molecule has 2 aromatic heterocycles. The van der Waals surface area contributed by atoms with Crippen molar-refractivity contribution in [3.8, 4) is 0 Å². The van der Waals surface area contributed by atoms with Gasteiger partial charge in [0.15, 0.2) is 10.2 Å². The van der Waals surface area contributed by atoms with E-state index >= 15 is 0 Å². The third-order valence-electron chi connectivity index (χ3n) is 3.89. The first-order valence-electron chi connectivity index (χ1n) is 8.30. The van der Waals surface area contributed by atoms with Gasteiger partial charge in [-0.3, -0.25) is 9.69 Å². The molecule has 1 amide bonds. The third kappa shape index (κ3) is 4.10.